The highest BCUT2D eigenvalue weighted by Crippen LogP contribution is 2.24. The second kappa shape index (κ2) is 8.35. The summed E-state index contributed by atoms with van der Waals surface area (Å²) < 4.78 is 0. The summed E-state index contributed by atoms with van der Waals surface area (Å²) in [6.07, 6.45) is 6.49. The number of halogens is 1. The lowest BCUT2D eigenvalue weighted by molar-refractivity contribution is 0.269. The SMILES string of the molecule is CC(C)C1CCCN(CCCc2nc(CCl)cs2)CC1. The first-order valence-corrected chi connectivity index (χ1v) is 9.32. The number of nitrogens with zero attached hydrogens (tertiary/aromatic N) is 2. The Morgan fingerprint density at radius 3 is 2.95 bits per heavy atom. The molecule has 1 unspecified atom stereocenters. The Morgan fingerprint density at radius 1 is 1.40 bits per heavy atom. The molecule has 114 valence electrons. The van der Waals surface area contributed by atoms with Gasteiger partial charge in [0.05, 0.1) is 16.6 Å². The smallest absolute Gasteiger partial charge is 0.0929 e. The first kappa shape index (κ1) is 16.3. The second-order valence-corrected chi connectivity index (χ2v) is 7.46. The molecule has 1 aromatic heterocycles. The summed E-state index contributed by atoms with van der Waals surface area (Å²) in [6, 6.07) is 0. The molecule has 0 bridgehead atoms. The van der Waals surface area contributed by atoms with Gasteiger partial charge < -0.3 is 4.90 Å². The van der Waals surface area contributed by atoms with Crippen LogP contribution in [0.25, 0.3) is 0 Å². The Hall–Kier alpha value is -0.120. The average molecular weight is 315 g/mol. The average Bonchev–Trinajstić information content (AvgIpc) is 2.75. The Balaban J connectivity index is 1.69. The summed E-state index contributed by atoms with van der Waals surface area (Å²) in [4.78, 5) is 7.18. The standard InChI is InChI=1S/C16H27ClN2S/c1-13(2)14-5-3-8-19(10-7-14)9-4-6-16-18-15(11-17)12-20-16/h12-14H,3-11H2,1-2H3. The van der Waals surface area contributed by atoms with Crippen molar-refractivity contribution in [1.82, 2.24) is 9.88 Å². The van der Waals surface area contributed by atoms with Gasteiger partial charge in [-0.3, -0.25) is 0 Å². The maximum absolute atomic E-state index is 5.79. The van der Waals surface area contributed by atoms with E-state index in [1.165, 1.54) is 50.3 Å². The van der Waals surface area contributed by atoms with E-state index in [1.54, 1.807) is 11.3 Å². The van der Waals surface area contributed by atoms with Gasteiger partial charge in [-0.2, -0.15) is 0 Å². The zero-order valence-electron chi connectivity index (χ0n) is 12.8. The molecular weight excluding hydrogens is 288 g/mol. The van der Waals surface area contributed by atoms with Gasteiger partial charge in [-0.15, -0.1) is 22.9 Å². The molecule has 2 heterocycles. The van der Waals surface area contributed by atoms with Gasteiger partial charge in [-0.05, 0) is 57.2 Å². The van der Waals surface area contributed by atoms with Gasteiger partial charge in [0.1, 0.15) is 0 Å². The van der Waals surface area contributed by atoms with E-state index in [9.17, 15) is 0 Å². The highest BCUT2D eigenvalue weighted by atomic mass is 35.5. The van der Waals surface area contributed by atoms with Crippen LogP contribution in [0.1, 0.15) is 50.2 Å². The maximum Gasteiger partial charge on any atom is 0.0929 e. The van der Waals surface area contributed by atoms with E-state index >= 15 is 0 Å². The number of thiazole rings is 1. The fourth-order valence-corrected chi connectivity index (χ4v) is 4.12. The van der Waals surface area contributed by atoms with Gasteiger partial charge in [-0.25, -0.2) is 4.98 Å². The van der Waals surface area contributed by atoms with Crippen molar-refractivity contribution >= 4 is 22.9 Å². The van der Waals surface area contributed by atoms with E-state index in [2.05, 4.69) is 29.1 Å². The molecule has 4 heteroatoms. The molecule has 0 aliphatic carbocycles. The Morgan fingerprint density at radius 2 is 2.25 bits per heavy atom. The van der Waals surface area contributed by atoms with Gasteiger partial charge in [0.25, 0.3) is 0 Å². The lowest BCUT2D eigenvalue weighted by Gasteiger charge is -2.21. The van der Waals surface area contributed by atoms with Crippen LogP contribution in [0.2, 0.25) is 0 Å². The van der Waals surface area contributed by atoms with Crippen LogP contribution in [0.5, 0.6) is 0 Å². The highest BCUT2D eigenvalue weighted by Gasteiger charge is 2.19. The van der Waals surface area contributed by atoms with Crippen LogP contribution in [-0.2, 0) is 12.3 Å². The molecule has 1 atom stereocenters. The fraction of sp³-hybridized carbons (Fsp3) is 0.812. The molecule has 1 saturated heterocycles. The molecular formula is C16H27ClN2S. The van der Waals surface area contributed by atoms with Crippen molar-refractivity contribution in [3.8, 4) is 0 Å². The lowest BCUT2D eigenvalue weighted by atomic mass is 9.89. The van der Waals surface area contributed by atoms with Crippen LogP contribution in [-0.4, -0.2) is 29.5 Å². The molecule has 0 spiro atoms. The lowest BCUT2D eigenvalue weighted by Crippen LogP contribution is -2.26. The molecule has 1 aromatic rings. The van der Waals surface area contributed by atoms with E-state index in [1.807, 2.05) is 0 Å². The fourth-order valence-electron chi connectivity index (χ4n) is 3.05. The molecule has 1 aliphatic rings. The number of likely N-dealkylation sites (tertiary alicyclic amines) is 1. The normalized spacial score (nSPS) is 21.3. The van der Waals surface area contributed by atoms with Crippen molar-refractivity contribution in [3.05, 3.63) is 16.1 Å². The third-order valence-corrected chi connectivity index (χ3v) is 5.64. The van der Waals surface area contributed by atoms with Gasteiger partial charge in [0.15, 0.2) is 0 Å². The largest absolute Gasteiger partial charge is 0.303 e. The minimum Gasteiger partial charge on any atom is -0.303 e. The molecule has 0 saturated carbocycles. The predicted molar refractivity (Wildman–Crippen MR) is 88.6 cm³/mol. The van der Waals surface area contributed by atoms with Crippen molar-refractivity contribution in [1.29, 1.82) is 0 Å². The van der Waals surface area contributed by atoms with E-state index in [0.717, 1.165) is 24.0 Å². The van der Waals surface area contributed by atoms with Crippen molar-refractivity contribution < 1.29 is 0 Å². The van der Waals surface area contributed by atoms with Gasteiger partial charge in [0, 0.05) is 11.8 Å². The zero-order valence-corrected chi connectivity index (χ0v) is 14.3. The molecule has 2 nitrogen and oxygen atoms in total. The molecule has 1 fully saturated rings. The summed E-state index contributed by atoms with van der Waals surface area (Å²) in [5.41, 5.74) is 1.03. The minimum absolute atomic E-state index is 0.541. The topological polar surface area (TPSA) is 16.1 Å². The van der Waals surface area contributed by atoms with Crippen molar-refractivity contribution in [2.45, 2.75) is 51.8 Å². The van der Waals surface area contributed by atoms with Crippen LogP contribution in [0.4, 0.5) is 0 Å². The second-order valence-electron chi connectivity index (χ2n) is 6.25. The molecule has 0 radical (unpaired) electrons. The van der Waals surface area contributed by atoms with E-state index in [4.69, 9.17) is 11.6 Å². The number of rotatable bonds is 6. The Bertz CT molecular complexity index is 392. The van der Waals surface area contributed by atoms with Crippen molar-refractivity contribution in [2.75, 3.05) is 19.6 Å². The van der Waals surface area contributed by atoms with Crippen LogP contribution in [0.3, 0.4) is 0 Å². The molecule has 1 aliphatic heterocycles. The van der Waals surface area contributed by atoms with Crippen LogP contribution in [0.15, 0.2) is 5.38 Å². The first-order valence-electron chi connectivity index (χ1n) is 7.90. The molecule has 0 amide bonds. The first-order chi connectivity index (χ1) is 9.69. The number of aromatic nitrogens is 1. The van der Waals surface area contributed by atoms with Crippen LogP contribution >= 0.6 is 22.9 Å². The predicted octanol–water partition coefficient (Wildman–Crippen LogP) is 4.57. The maximum atomic E-state index is 5.79. The van der Waals surface area contributed by atoms with E-state index in [0.29, 0.717) is 5.88 Å². The zero-order chi connectivity index (χ0) is 14.4. The summed E-state index contributed by atoms with van der Waals surface area (Å²) in [6.45, 7) is 8.54. The van der Waals surface area contributed by atoms with Crippen LogP contribution < -0.4 is 0 Å². The summed E-state index contributed by atoms with van der Waals surface area (Å²) in [7, 11) is 0. The summed E-state index contributed by atoms with van der Waals surface area (Å²) >= 11 is 7.54. The number of hydrogen-bond acceptors (Lipinski definition) is 3. The molecule has 0 aromatic carbocycles. The molecule has 2 rings (SSSR count). The van der Waals surface area contributed by atoms with Crippen molar-refractivity contribution in [2.24, 2.45) is 11.8 Å². The number of hydrogen-bond donors (Lipinski definition) is 0. The van der Waals surface area contributed by atoms with Gasteiger partial charge in [-0.1, -0.05) is 13.8 Å². The summed E-state index contributed by atoms with van der Waals surface area (Å²) in [5, 5.41) is 3.33. The van der Waals surface area contributed by atoms with Gasteiger partial charge >= 0.3 is 0 Å². The quantitative estimate of drug-likeness (QED) is 0.715. The third-order valence-electron chi connectivity index (χ3n) is 4.41. The highest BCUT2D eigenvalue weighted by molar-refractivity contribution is 7.09. The van der Waals surface area contributed by atoms with Crippen molar-refractivity contribution in [3.63, 3.8) is 0 Å². The van der Waals surface area contributed by atoms with Gasteiger partial charge in [0.2, 0.25) is 0 Å². The monoisotopic (exact) mass is 314 g/mol. The number of alkyl halides is 1. The minimum atomic E-state index is 0.541. The van der Waals surface area contributed by atoms with E-state index in [-0.39, 0.29) is 0 Å². The number of aryl methyl sites for hydroxylation is 1. The molecule has 0 N–H and O–H groups in total. The van der Waals surface area contributed by atoms with Crippen LogP contribution in [0, 0.1) is 11.8 Å². The third kappa shape index (κ3) is 5.01. The van der Waals surface area contributed by atoms with E-state index < -0.39 is 0 Å². The summed E-state index contributed by atoms with van der Waals surface area (Å²) in [5.74, 6) is 2.32. The molecule has 20 heavy (non-hydrogen) atoms. The Kier molecular flexibility index (Phi) is 6.79. The Labute approximate surface area is 132 Å².